The molecule has 1 saturated heterocycles. The van der Waals surface area contributed by atoms with Crippen LogP contribution in [0.3, 0.4) is 0 Å². The summed E-state index contributed by atoms with van der Waals surface area (Å²) < 4.78 is 49.8. The van der Waals surface area contributed by atoms with E-state index in [0.29, 0.717) is 28.7 Å². The van der Waals surface area contributed by atoms with Gasteiger partial charge in [-0.3, -0.25) is 18.1 Å². The molecule has 280 valence electrons. The summed E-state index contributed by atoms with van der Waals surface area (Å²) in [7, 11) is -8.62. The Morgan fingerprint density at radius 3 is 1.47 bits per heavy atom. The highest BCUT2D eigenvalue weighted by Gasteiger charge is 2.82. The van der Waals surface area contributed by atoms with E-state index in [1.165, 1.54) is 18.2 Å². The molecular formula is C41H40N3O8P3+2. The number of phenolic OH excluding ortho intramolecular Hbond substituents is 2. The average Bonchev–Trinajstić information content (AvgIpc) is 3.74. The van der Waals surface area contributed by atoms with Crippen LogP contribution < -0.4 is 32.4 Å². The normalized spacial score (nSPS) is 24.1. The topological polar surface area (TPSA) is 123 Å². The second-order valence-corrected chi connectivity index (χ2v) is 21.0. The first-order valence-electron chi connectivity index (χ1n) is 17.6. The Bertz CT molecular complexity index is 2200. The standard InChI is InChI=1S/C41H38N3O8P3/c1-31-42-53(48-35-20-10-4-11-21-35)40(41(53)47-34-18-8-3-9-19-34)43-55(51-37-24-14-6-15-25-37,52-38-26-16-7-17-27-38)44(2)54(31,49-36-22-12-5-13-23-36)50-39-29-32(45)28-33(46)30-39/h3-31,40-41,43H,1-2H3/p+2. The van der Waals surface area contributed by atoms with Gasteiger partial charge in [-0.1, -0.05) is 96.1 Å². The van der Waals surface area contributed by atoms with Crippen molar-refractivity contribution >= 4 is 23.2 Å². The SMILES string of the molecule is CC1N=P2(Oc3ccccc3)C(N[P+](Oc3ccccc3)(Oc3ccccc3)N(C)[P+]1(Oc1ccccc1)Oc1cc(O)cc(O)c1)C2Oc1ccccc1. The number of para-hydroxylation sites is 5. The van der Waals surface area contributed by atoms with E-state index >= 15 is 0 Å². The first kappa shape index (κ1) is 36.7. The number of hydrogen-bond acceptors (Lipinski definition) is 11. The molecule has 3 N–H and O–H groups in total. The van der Waals surface area contributed by atoms with Gasteiger partial charge in [0, 0.05) is 25.1 Å². The van der Waals surface area contributed by atoms with Gasteiger partial charge in [0.15, 0.2) is 34.6 Å². The van der Waals surface area contributed by atoms with Crippen molar-refractivity contribution in [2.24, 2.45) is 4.74 Å². The van der Waals surface area contributed by atoms with E-state index in [1.54, 1.807) is 0 Å². The molecular weight excluding hydrogens is 755 g/mol. The monoisotopic (exact) mass is 795 g/mol. The molecule has 5 unspecified atom stereocenters. The smallest absolute Gasteiger partial charge is 0.508 e. The van der Waals surface area contributed by atoms with Gasteiger partial charge in [0.05, 0.1) is 11.5 Å². The van der Waals surface area contributed by atoms with Gasteiger partial charge in [-0.2, -0.15) is 0 Å². The molecule has 0 spiro atoms. The van der Waals surface area contributed by atoms with E-state index in [2.05, 4.69) is 5.09 Å². The lowest BCUT2D eigenvalue weighted by Gasteiger charge is -2.36. The highest BCUT2D eigenvalue weighted by Crippen LogP contribution is 2.86. The Morgan fingerprint density at radius 2 is 0.982 bits per heavy atom. The van der Waals surface area contributed by atoms with Crippen molar-refractivity contribution in [3.8, 4) is 46.0 Å². The Labute approximate surface area is 321 Å². The van der Waals surface area contributed by atoms with Gasteiger partial charge in [-0.25, -0.2) is 4.74 Å². The lowest BCUT2D eigenvalue weighted by atomic mass is 10.3. The van der Waals surface area contributed by atoms with Gasteiger partial charge in [-0.05, 0) is 60.7 Å². The zero-order chi connectivity index (χ0) is 37.9. The van der Waals surface area contributed by atoms with Gasteiger partial charge >= 0.3 is 15.9 Å². The van der Waals surface area contributed by atoms with Crippen molar-refractivity contribution in [1.29, 1.82) is 0 Å². The maximum atomic E-state index is 10.7. The highest BCUT2D eigenvalue weighted by atomic mass is 31.3. The minimum atomic E-state index is -3.72. The zero-order valence-electron chi connectivity index (χ0n) is 30.0. The van der Waals surface area contributed by atoms with Crippen molar-refractivity contribution in [1.82, 2.24) is 9.53 Å². The molecule has 11 nitrogen and oxygen atoms in total. The predicted molar refractivity (Wildman–Crippen MR) is 217 cm³/mol. The summed E-state index contributed by atoms with van der Waals surface area (Å²) in [6.07, 6.45) is 0. The van der Waals surface area contributed by atoms with E-state index in [9.17, 15) is 10.2 Å². The van der Waals surface area contributed by atoms with Crippen LogP contribution in [0.4, 0.5) is 0 Å². The second-order valence-electron chi connectivity index (χ2n) is 12.8. The largest absolute Gasteiger partial charge is 0.561 e. The molecule has 14 heteroatoms. The Hall–Kier alpha value is -5.27. The summed E-state index contributed by atoms with van der Waals surface area (Å²) in [5, 5.41) is 25.1. The Kier molecular flexibility index (Phi) is 10.3. The lowest BCUT2D eigenvalue weighted by Crippen LogP contribution is -2.44. The fourth-order valence-corrected chi connectivity index (χ4v) is 17.4. The Morgan fingerprint density at radius 1 is 0.564 bits per heavy atom. The third kappa shape index (κ3) is 7.68. The summed E-state index contributed by atoms with van der Waals surface area (Å²) in [5.41, 5.74) is 0. The van der Waals surface area contributed by atoms with Crippen LogP contribution in [0.1, 0.15) is 6.92 Å². The van der Waals surface area contributed by atoms with Crippen molar-refractivity contribution < 1.29 is 37.6 Å². The summed E-state index contributed by atoms with van der Waals surface area (Å²) in [6.45, 7) is 1.92. The summed E-state index contributed by atoms with van der Waals surface area (Å²) in [5.74, 6) is 0.719. The summed E-state index contributed by atoms with van der Waals surface area (Å²) in [6, 6.07) is 51.3. The third-order valence-corrected chi connectivity index (χ3v) is 19.0. The number of fused-ring (bicyclic) bond motifs is 1. The molecule has 0 radical (unpaired) electrons. The van der Waals surface area contributed by atoms with E-state index in [0.717, 1.165) is 0 Å². The molecule has 5 atom stereocenters. The molecule has 0 saturated carbocycles. The minimum absolute atomic E-state index is 0.148. The molecule has 0 aromatic heterocycles. The van der Waals surface area contributed by atoms with Gasteiger partial charge in [0.1, 0.15) is 23.0 Å². The number of nitrogens with zero attached hydrogens (tertiary/aromatic N) is 2. The molecule has 55 heavy (non-hydrogen) atoms. The Balaban J connectivity index is 1.40. The van der Waals surface area contributed by atoms with E-state index in [-0.39, 0.29) is 17.2 Å². The molecule has 0 bridgehead atoms. The fraction of sp³-hybridized carbons (Fsp3) is 0.122. The first-order valence-corrected chi connectivity index (χ1v) is 22.6. The fourth-order valence-electron chi connectivity index (χ4n) is 6.24. The van der Waals surface area contributed by atoms with Gasteiger partial charge < -0.3 is 19.5 Å². The van der Waals surface area contributed by atoms with E-state index in [4.69, 9.17) is 32.1 Å². The molecule has 8 rings (SSSR count). The number of benzene rings is 6. The van der Waals surface area contributed by atoms with Crippen molar-refractivity contribution in [2.75, 3.05) is 7.05 Å². The third-order valence-electron chi connectivity index (χ3n) is 8.87. The maximum Gasteiger partial charge on any atom is 0.561 e. The van der Waals surface area contributed by atoms with Crippen LogP contribution in [-0.4, -0.2) is 39.1 Å². The average molecular weight is 796 g/mol. The second kappa shape index (κ2) is 15.5. The van der Waals surface area contributed by atoms with E-state index < -0.39 is 40.6 Å². The van der Waals surface area contributed by atoms with Crippen LogP contribution in [0, 0.1) is 0 Å². The van der Waals surface area contributed by atoms with Crippen LogP contribution in [-0.2, 0) is 0 Å². The molecule has 1 fully saturated rings. The molecule has 6 aromatic rings. The van der Waals surface area contributed by atoms with E-state index in [1.807, 2.05) is 170 Å². The zero-order valence-corrected chi connectivity index (χ0v) is 32.7. The van der Waals surface area contributed by atoms with Gasteiger partial charge in [0.2, 0.25) is 13.1 Å². The lowest BCUT2D eigenvalue weighted by molar-refractivity contribution is 0.299. The summed E-state index contributed by atoms with van der Waals surface area (Å²) >= 11 is 0. The molecule has 2 heterocycles. The van der Waals surface area contributed by atoms with Gasteiger partial charge in [-0.15, -0.1) is 0 Å². The number of phenols is 2. The van der Waals surface area contributed by atoms with Crippen molar-refractivity contribution in [3.05, 3.63) is 170 Å². The van der Waals surface area contributed by atoms with Crippen LogP contribution in [0.5, 0.6) is 46.0 Å². The van der Waals surface area contributed by atoms with Crippen molar-refractivity contribution in [3.63, 3.8) is 0 Å². The van der Waals surface area contributed by atoms with Crippen LogP contribution >= 0.6 is 23.2 Å². The number of nitrogens with one attached hydrogen (secondary N) is 1. The number of ether oxygens (including phenoxy) is 1. The number of aromatic hydroxyl groups is 2. The number of hydrogen-bond donors (Lipinski definition) is 3. The van der Waals surface area contributed by atoms with Crippen LogP contribution in [0.15, 0.2) is 175 Å². The summed E-state index contributed by atoms with van der Waals surface area (Å²) in [4.78, 5) is 0. The van der Waals surface area contributed by atoms with Crippen LogP contribution in [0.2, 0.25) is 0 Å². The molecule has 2 aliphatic heterocycles. The highest BCUT2D eigenvalue weighted by molar-refractivity contribution is 7.81. The predicted octanol–water partition coefficient (Wildman–Crippen LogP) is 11.0. The maximum absolute atomic E-state index is 10.7. The molecule has 0 aliphatic carbocycles. The van der Waals surface area contributed by atoms with Crippen LogP contribution in [0.25, 0.3) is 0 Å². The molecule has 0 amide bonds. The number of rotatable bonds is 12. The van der Waals surface area contributed by atoms with Gasteiger partial charge in [0.25, 0.3) is 0 Å². The quantitative estimate of drug-likeness (QED) is 0.103. The molecule has 2 aliphatic rings. The van der Waals surface area contributed by atoms with Crippen molar-refractivity contribution in [2.45, 2.75) is 24.3 Å². The minimum Gasteiger partial charge on any atom is -0.508 e. The first-order chi connectivity index (χ1) is 26.8. The molecule has 6 aromatic carbocycles.